The van der Waals surface area contributed by atoms with Crippen molar-refractivity contribution in [1.29, 1.82) is 0 Å². The van der Waals surface area contributed by atoms with Crippen molar-refractivity contribution in [2.75, 3.05) is 7.11 Å². The standard InChI is InChI=1S/C15H18F2N2O7/c1-7(2)4-9(14(21)22)18-13(20)8-5-11(25-3)12(26-15(16)17)6-10(8)19(23)24/h5-7,9,15H,4H2,1-3H3,(H,18,20)(H,21,22)/t9-/m1/s1. The number of benzene rings is 1. The van der Waals surface area contributed by atoms with Crippen LogP contribution in [0.1, 0.15) is 30.6 Å². The number of rotatable bonds is 9. The lowest BCUT2D eigenvalue weighted by Crippen LogP contribution is -2.41. The Morgan fingerprint density at radius 2 is 1.92 bits per heavy atom. The molecule has 1 rings (SSSR count). The smallest absolute Gasteiger partial charge is 0.387 e. The van der Waals surface area contributed by atoms with Crippen LogP contribution in [0.25, 0.3) is 0 Å². The summed E-state index contributed by atoms with van der Waals surface area (Å²) in [5, 5.41) is 22.5. The van der Waals surface area contributed by atoms with E-state index in [1.54, 1.807) is 13.8 Å². The maximum atomic E-state index is 12.4. The summed E-state index contributed by atoms with van der Waals surface area (Å²) in [4.78, 5) is 33.8. The molecule has 0 aromatic heterocycles. The molecule has 1 aromatic carbocycles. The van der Waals surface area contributed by atoms with Gasteiger partial charge in [0.05, 0.1) is 18.1 Å². The first kappa shape index (κ1) is 21.1. The molecule has 26 heavy (non-hydrogen) atoms. The first-order valence-corrected chi connectivity index (χ1v) is 7.41. The maximum Gasteiger partial charge on any atom is 0.387 e. The number of carboxylic acid groups (broad SMARTS) is 1. The molecule has 1 amide bonds. The normalized spacial score (nSPS) is 12.0. The molecule has 0 bridgehead atoms. The van der Waals surface area contributed by atoms with Crippen molar-refractivity contribution in [1.82, 2.24) is 5.32 Å². The fourth-order valence-electron chi connectivity index (χ4n) is 2.16. The van der Waals surface area contributed by atoms with Crippen LogP contribution in [0.2, 0.25) is 0 Å². The number of alkyl halides is 2. The van der Waals surface area contributed by atoms with Gasteiger partial charge in [-0.2, -0.15) is 8.78 Å². The lowest BCUT2D eigenvalue weighted by atomic mass is 10.0. The van der Waals surface area contributed by atoms with E-state index in [2.05, 4.69) is 10.1 Å². The highest BCUT2D eigenvalue weighted by molar-refractivity contribution is 6.00. The largest absolute Gasteiger partial charge is 0.493 e. The summed E-state index contributed by atoms with van der Waals surface area (Å²) >= 11 is 0. The highest BCUT2D eigenvalue weighted by atomic mass is 19.3. The zero-order chi connectivity index (χ0) is 20.0. The Balaban J connectivity index is 3.29. The van der Waals surface area contributed by atoms with Crippen molar-refractivity contribution in [2.45, 2.75) is 32.9 Å². The first-order chi connectivity index (χ1) is 12.1. The summed E-state index contributed by atoms with van der Waals surface area (Å²) in [7, 11) is 1.10. The minimum atomic E-state index is -3.26. The highest BCUT2D eigenvalue weighted by Crippen LogP contribution is 2.35. The molecule has 1 aromatic rings. The molecule has 11 heteroatoms. The Labute approximate surface area is 147 Å². The molecule has 0 aliphatic carbocycles. The molecule has 144 valence electrons. The van der Waals surface area contributed by atoms with E-state index in [0.29, 0.717) is 6.07 Å². The van der Waals surface area contributed by atoms with Gasteiger partial charge < -0.3 is 19.9 Å². The number of nitro groups is 1. The van der Waals surface area contributed by atoms with Gasteiger partial charge in [-0.05, 0) is 12.3 Å². The van der Waals surface area contributed by atoms with E-state index >= 15 is 0 Å². The van der Waals surface area contributed by atoms with Gasteiger partial charge in [0.2, 0.25) is 0 Å². The van der Waals surface area contributed by atoms with Gasteiger partial charge in [-0.3, -0.25) is 14.9 Å². The molecule has 1 atom stereocenters. The van der Waals surface area contributed by atoms with Crippen LogP contribution < -0.4 is 14.8 Å². The molecule has 0 saturated heterocycles. The second kappa shape index (κ2) is 8.92. The average Bonchev–Trinajstić information content (AvgIpc) is 2.52. The molecule has 9 nitrogen and oxygen atoms in total. The van der Waals surface area contributed by atoms with Crippen LogP contribution in [0.15, 0.2) is 12.1 Å². The number of carboxylic acids is 1. The Morgan fingerprint density at radius 1 is 1.31 bits per heavy atom. The van der Waals surface area contributed by atoms with E-state index in [-0.39, 0.29) is 18.1 Å². The molecule has 0 heterocycles. The van der Waals surface area contributed by atoms with Gasteiger partial charge in [-0.1, -0.05) is 13.8 Å². The van der Waals surface area contributed by atoms with Gasteiger partial charge in [-0.25, -0.2) is 4.79 Å². The number of aliphatic carboxylic acids is 1. The molecule has 0 unspecified atom stereocenters. The van der Waals surface area contributed by atoms with Gasteiger partial charge in [0, 0.05) is 6.07 Å². The summed E-state index contributed by atoms with van der Waals surface area (Å²) in [6, 6.07) is 0.197. The number of methoxy groups -OCH3 is 1. The van der Waals surface area contributed by atoms with Gasteiger partial charge in [0.15, 0.2) is 11.5 Å². The Kier molecular flexibility index (Phi) is 7.23. The van der Waals surface area contributed by atoms with Crippen molar-refractivity contribution in [3.8, 4) is 11.5 Å². The van der Waals surface area contributed by atoms with Crippen LogP contribution >= 0.6 is 0 Å². The number of nitrogens with zero attached hydrogens (tertiary/aromatic N) is 1. The second-order valence-corrected chi connectivity index (χ2v) is 5.65. The van der Waals surface area contributed by atoms with Crippen molar-refractivity contribution in [2.24, 2.45) is 5.92 Å². The summed E-state index contributed by atoms with van der Waals surface area (Å²) in [5.41, 5.74) is -1.36. The van der Waals surface area contributed by atoms with E-state index in [4.69, 9.17) is 9.84 Å². The molecule has 2 N–H and O–H groups in total. The van der Waals surface area contributed by atoms with Gasteiger partial charge in [-0.15, -0.1) is 0 Å². The number of halogens is 2. The van der Waals surface area contributed by atoms with Crippen LogP contribution in [0.3, 0.4) is 0 Å². The second-order valence-electron chi connectivity index (χ2n) is 5.65. The van der Waals surface area contributed by atoms with Gasteiger partial charge >= 0.3 is 12.6 Å². The highest BCUT2D eigenvalue weighted by Gasteiger charge is 2.29. The predicted molar refractivity (Wildman–Crippen MR) is 84.6 cm³/mol. The predicted octanol–water partition coefficient (Wildman–Crippen LogP) is 2.43. The number of hydrogen-bond acceptors (Lipinski definition) is 6. The van der Waals surface area contributed by atoms with Crippen molar-refractivity contribution in [3.05, 3.63) is 27.8 Å². The van der Waals surface area contributed by atoms with Gasteiger partial charge in [0.1, 0.15) is 11.6 Å². The van der Waals surface area contributed by atoms with Crippen LogP contribution in [-0.2, 0) is 4.79 Å². The number of hydrogen-bond donors (Lipinski definition) is 2. The summed E-state index contributed by atoms with van der Waals surface area (Å²) in [6.45, 7) is 0.222. The van der Waals surface area contributed by atoms with Gasteiger partial charge in [0.25, 0.3) is 11.6 Å². The van der Waals surface area contributed by atoms with E-state index in [1.807, 2.05) is 0 Å². The molecule has 0 saturated carbocycles. The monoisotopic (exact) mass is 376 g/mol. The van der Waals surface area contributed by atoms with E-state index in [9.17, 15) is 28.5 Å². The zero-order valence-corrected chi connectivity index (χ0v) is 14.2. The SMILES string of the molecule is COc1cc(C(=O)N[C@H](CC(C)C)C(=O)O)c([N+](=O)[O-])cc1OC(F)F. The van der Waals surface area contributed by atoms with Crippen molar-refractivity contribution < 1.29 is 37.9 Å². The maximum absolute atomic E-state index is 12.4. The average molecular weight is 376 g/mol. The summed E-state index contributed by atoms with van der Waals surface area (Å²) < 4.78 is 33.8. The third-order valence-corrected chi connectivity index (χ3v) is 3.25. The van der Waals surface area contributed by atoms with E-state index in [0.717, 1.165) is 13.2 Å². The molecular weight excluding hydrogens is 358 g/mol. The zero-order valence-electron chi connectivity index (χ0n) is 14.2. The summed E-state index contributed by atoms with van der Waals surface area (Å²) in [6.07, 6.45) is 0.0958. The number of nitro benzene ring substituents is 1. The van der Waals surface area contributed by atoms with E-state index < -0.39 is 46.5 Å². The van der Waals surface area contributed by atoms with Crippen molar-refractivity contribution >= 4 is 17.6 Å². The molecule has 0 aliphatic heterocycles. The number of nitrogens with one attached hydrogen (secondary N) is 1. The third kappa shape index (κ3) is 5.53. The van der Waals surface area contributed by atoms with E-state index in [1.165, 1.54) is 0 Å². The fraction of sp³-hybridized carbons (Fsp3) is 0.467. The molecule has 0 spiro atoms. The number of carbonyl (C=O) groups is 2. The van der Waals surface area contributed by atoms with Crippen LogP contribution in [0.4, 0.5) is 14.5 Å². The Hall–Kier alpha value is -2.98. The topological polar surface area (TPSA) is 128 Å². The number of ether oxygens (including phenoxy) is 2. The van der Waals surface area contributed by atoms with Crippen molar-refractivity contribution in [3.63, 3.8) is 0 Å². The quantitative estimate of drug-likeness (QED) is 0.500. The summed E-state index contributed by atoms with van der Waals surface area (Å²) in [5.74, 6) is -3.38. The van der Waals surface area contributed by atoms with Crippen LogP contribution in [-0.4, -0.2) is 41.7 Å². The number of amides is 1. The van der Waals surface area contributed by atoms with Crippen LogP contribution in [0, 0.1) is 16.0 Å². The Morgan fingerprint density at radius 3 is 2.35 bits per heavy atom. The Bertz CT molecular complexity index is 695. The molecule has 0 aliphatic rings. The van der Waals surface area contributed by atoms with Crippen LogP contribution in [0.5, 0.6) is 11.5 Å². The fourth-order valence-corrected chi connectivity index (χ4v) is 2.16. The minimum absolute atomic E-state index is 0.0669. The number of carbonyl (C=O) groups excluding carboxylic acids is 1. The molecular formula is C15H18F2N2O7. The molecule has 0 radical (unpaired) electrons. The minimum Gasteiger partial charge on any atom is -0.493 e. The lowest BCUT2D eigenvalue weighted by Gasteiger charge is -2.17. The third-order valence-electron chi connectivity index (χ3n) is 3.25. The first-order valence-electron chi connectivity index (χ1n) is 7.41. The lowest BCUT2D eigenvalue weighted by molar-refractivity contribution is -0.385. The molecule has 0 fully saturated rings.